The number of aromatic nitrogens is 5. The van der Waals surface area contributed by atoms with Crippen molar-refractivity contribution in [2.45, 2.75) is 38.3 Å². The fourth-order valence-corrected chi connectivity index (χ4v) is 4.14. The average Bonchev–Trinajstić information content (AvgIpc) is 3.34. The molecule has 0 radical (unpaired) electrons. The standard InChI is InChI=1S/C19H20N6O3S/c1-4-25-17-10-7-14(11-16(17)21-24-25)18-20-19(28-22-18)13(3)23-29(26,27)15-8-5-12(2)6-9-15/h5-11,13,23H,4H2,1-3H3/t13-/m1/s1. The van der Waals surface area contributed by atoms with E-state index in [1.807, 2.05) is 32.0 Å². The number of fused-ring (bicyclic) bond motifs is 1. The van der Waals surface area contributed by atoms with Crippen molar-refractivity contribution in [2.75, 3.05) is 0 Å². The lowest BCUT2D eigenvalue weighted by Crippen LogP contribution is -2.27. The summed E-state index contributed by atoms with van der Waals surface area (Å²) in [5, 5.41) is 12.2. The molecule has 9 nitrogen and oxygen atoms in total. The Morgan fingerprint density at radius 2 is 1.93 bits per heavy atom. The van der Waals surface area contributed by atoms with Gasteiger partial charge in [-0.2, -0.15) is 9.71 Å². The van der Waals surface area contributed by atoms with Crippen LogP contribution in [0.5, 0.6) is 0 Å². The van der Waals surface area contributed by atoms with E-state index in [4.69, 9.17) is 4.52 Å². The molecule has 4 rings (SSSR count). The second-order valence-corrected chi connectivity index (χ2v) is 8.43. The van der Waals surface area contributed by atoms with E-state index in [2.05, 4.69) is 25.2 Å². The molecule has 2 aromatic carbocycles. The Morgan fingerprint density at radius 3 is 2.66 bits per heavy atom. The number of benzene rings is 2. The molecule has 0 spiro atoms. The third-order valence-corrected chi connectivity index (χ3v) is 6.10. The molecule has 1 N–H and O–H groups in total. The minimum atomic E-state index is -3.71. The molecule has 1 atom stereocenters. The van der Waals surface area contributed by atoms with Crippen molar-refractivity contribution in [3.05, 3.63) is 53.9 Å². The van der Waals surface area contributed by atoms with Crippen molar-refractivity contribution in [1.82, 2.24) is 29.9 Å². The summed E-state index contributed by atoms with van der Waals surface area (Å²) in [4.78, 5) is 4.53. The maximum atomic E-state index is 12.6. The normalized spacial score (nSPS) is 13.1. The first-order chi connectivity index (χ1) is 13.9. The summed E-state index contributed by atoms with van der Waals surface area (Å²) in [6, 6.07) is 11.5. The van der Waals surface area contributed by atoms with Gasteiger partial charge in [-0.1, -0.05) is 28.1 Å². The summed E-state index contributed by atoms with van der Waals surface area (Å²) in [6.45, 7) is 6.26. The molecule has 0 unspecified atom stereocenters. The van der Waals surface area contributed by atoms with Crippen molar-refractivity contribution in [1.29, 1.82) is 0 Å². The topological polar surface area (TPSA) is 116 Å². The van der Waals surface area contributed by atoms with E-state index in [0.717, 1.165) is 23.1 Å². The van der Waals surface area contributed by atoms with Crippen LogP contribution in [0.15, 0.2) is 51.9 Å². The highest BCUT2D eigenvalue weighted by Gasteiger charge is 2.23. The van der Waals surface area contributed by atoms with Gasteiger partial charge in [0.05, 0.1) is 16.5 Å². The van der Waals surface area contributed by atoms with Crippen LogP contribution in [0.4, 0.5) is 0 Å². The highest BCUT2D eigenvalue weighted by molar-refractivity contribution is 7.89. The summed E-state index contributed by atoms with van der Waals surface area (Å²) in [5.74, 6) is 0.530. The second kappa shape index (κ2) is 7.37. The zero-order chi connectivity index (χ0) is 20.6. The summed E-state index contributed by atoms with van der Waals surface area (Å²) >= 11 is 0. The van der Waals surface area contributed by atoms with Gasteiger partial charge in [-0.15, -0.1) is 5.10 Å². The number of nitrogens with zero attached hydrogens (tertiary/aromatic N) is 5. The summed E-state index contributed by atoms with van der Waals surface area (Å²) < 4.78 is 34.8. The zero-order valence-electron chi connectivity index (χ0n) is 16.2. The second-order valence-electron chi connectivity index (χ2n) is 6.72. The lowest BCUT2D eigenvalue weighted by atomic mass is 10.2. The monoisotopic (exact) mass is 412 g/mol. The minimum Gasteiger partial charge on any atom is -0.337 e. The fourth-order valence-electron chi connectivity index (χ4n) is 2.94. The Kier molecular flexibility index (Phi) is 4.89. The third kappa shape index (κ3) is 3.76. The molecular formula is C19H20N6O3S. The molecule has 0 saturated carbocycles. The lowest BCUT2D eigenvalue weighted by molar-refractivity contribution is 0.354. The van der Waals surface area contributed by atoms with E-state index in [0.29, 0.717) is 11.4 Å². The van der Waals surface area contributed by atoms with Crippen LogP contribution >= 0.6 is 0 Å². The van der Waals surface area contributed by atoms with Gasteiger partial charge in [0.25, 0.3) is 0 Å². The highest BCUT2D eigenvalue weighted by atomic mass is 32.2. The molecule has 0 saturated heterocycles. The van der Waals surface area contributed by atoms with Gasteiger partial charge in [0.2, 0.25) is 21.7 Å². The molecule has 10 heteroatoms. The minimum absolute atomic E-state index is 0.174. The molecule has 0 fully saturated rings. The molecule has 0 aliphatic carbocycles. The maximum Gasteiger partial charge on any atom is 0.244 e. The van der Waals surface area contributed by atoms with Crippen LogP contribution in [-0.4, -0.2) is 33.6 Å². The molecule has 150 valence electrons. The van der Waals surface area contributed by atoms with Gasteiger partial charge < -0.3 is 4.52 Å². The molecule has 2 heterocycles. The summed E-state index contributed by atoms with van der Waals surface area (Å²) in [5.41, 5.74) is 3.33. The third-order valence-electron chi connectivity index (χ3n) is 4.55. The van der Waals surface area contributed by atoms with E-state index < -0.39 is 16.1 Å². The van der Waals surface area contributed by atoms with E-state index in [9.17, 15) is 8.42 Å². The SMILES string of the molecule is CCn1nnc2cc(-c3noc([C@@H](C)NS(=O)(=O)c4ccc(C)cc4)n3)ccc21. The van der Waals surface area contributed by atoms with Gasteiger partial charge in [0.15, 0.2) is 0 Å². The van der Waals surface area contributed by atoms with E-state index in [-0.39, 0.29) is 10.8 Å². The maximum absolute atomic E-state index is 12.6. The van der Waals surface area contributed by atoms with Crippen LogP contribution in [0.3, 0.4) is 0 Å². The molecule has 0 aliphatic heterocycles. The lowest BCUT2D eigenvalue weighted by Gasteiger charge is -2.10. The van der Waals surface area contributed by atoms with Crippen LogP contribution in [0.1, 0.15) is 31.3 Å². The zero-order valence-corrected chi connectivity index (χ0v) is 17.0. The molecule has 2 aromatic heterocycles. The van der Waals surface area contributed by atoms with Gasteiger partial charge in [0.1, 0.15) is 5.52 Å². The summed E-state index contributed by atoms with van der Waals surface area (Å²) in [6.07, 6.45) is 0. The van der Waals surface area contributed by atoms with Crippen molar-refractivity contribution in [3.8, 4) is 11.4 Å². The quantitative estimate of drug-likeness (QED) is 0.518. The highest BCUT2D eigenvalue weighted by Crippen LogP contribution is 2.23. The smallest absolute Gasteiger partial charge is 0.244 e. The Bertz CT molecular complexity index is 1260. The van der Waals surface area contributed by atoms with Crippen molar-refractivity contribution in [3.63, 3.8) is 0 Å². The number of hydrogen-bond acceptors (Lipinski definition) is 7. The van der Waals surface area contributed by atoms with Crippen LogP contribution < -0.4 is 4.72 Å². The fraction of sp³-hybridized carbons (Fsp3) is 0.263. The first-order valence-electron chi connectivity index (χ1n) is 9.13. The van der Waals surface area contributed by atoms with Crippen LogP contribution in [-0.2, 0) is 16.6 Å². The first kappa shape index (κ1) is 19.2. The van der Waals surface area contributed by atoms with E-state index >= 15 is 0 Å². The van der Waals surface area contributed by atoms with Gasteiger partial charge in [-0.05, 0) is 51.1 Å². The van der Waals surface area contributed by atoms with Gasteiger partial charge in [-0.3, -0.25) is 0 Å². The molecular weight excluding hydrogens is 392 g/mol. The summed E-state index contributed by atoms with van der Waals surface area (Å²) in [7, 11) is -3.71. The van der Waals surface area contributed by atoms with Gasteiger partial charge >= 0.3 is 0 Å². The number of hydrogen-bond donors (Lipinski definition) is 1. The van der Waals surface area contributed by atoms with Crippen molar-refractivity contribution >= 4 is 21.1 Å². The van der Waals surface area contributed by atoms with Crippen LogP contribution in [0, 0.1) is 6.92 Å². The molecule has 0 amide bonds. The Labute approximate surface area is 167 Å². The largest absolute Gasteiger partial charge is 0.337 e. The number of sulfonamides is 1. The van der Waals surface area contributed by atoms with Crippen molar-refractivity contribution in [2.24, 2.45) is 0 Å². The van der Waals surface area contributed by atoms with E-state index in [1.165, 1.54) is 0 Å². The van der Waals surface area contributed by atoms with E-state index in [1.54, 1.807) is 35.9 Å². The van der Waals surface area contributed by atoms with Crippen molar-refractivity contribution < 1.29 is 12.9 Å². The number of nitrogens with one attached hydrogen (secondary N) is 1. The first-order valence-corrected chi connectivity index (χ1v) is 10.6. The van der Waals surface area contributed by atoms with Gasteiger partial charge in [-0.25, -0.2) is 13.1 Å². The van der Waals surface area contributed by atoms with Crippen LogP contribution in [0.2, 0.25) is 0 Å². The Hall–Kier alpha value is -3.11. The Morgan fingerprint density at radius 1 is 1.17 bits per heavy atom. The average molecular weight is 412 g/mol. The molecule has 0 aliphatic rings. The molecule has 29 heavy (non-hydrogen) atoms. The molecule has 0 bridgehead atoms. The van der Waals surface area contributed by atoms with Gasteiger partial charge in [0, 0.05) is 12.1 Å². The van der Waals surface area contributed by atoms with Crippen LogP contribution in [0.25, 0.3) is 22.4 Å². The predicted octanol–water partition coefficient (Wildman–Crippen LogP) is 2.85. The molecule has 4 aromatic rings. The number of aryl methyl sites for hydroxylation is 2. The predicted molar refractivity (Wildman–Crippen MR) is 106 cm³/mol. The Balaban J connectivity index is 1.56. The number of rotatable bonds is 6.